The molecule has 0 fully saturated rings. The van der Waals surface area contributed by atoms with Crippen LogP contribution in [-0.4, -0.2) is 17.0 Å². The van der Waals surface area contributed by atoms with Gasteiger partial charge in [-0.05, 0) is 63.6 Å². The summed E-state index contributed by atoms with van der Waals surface area (Å²) in [5.41, 5.74) is 8.16. The second-order valence-corrected chi connectivity index (χ2v) is 7.42. The van der Waals surface area contributed by atoms with Gasteiger partial charge in [-0.3, -0.25) is 4.79 Å². The van der Waals surface area contributed by atoms with Gasteiger partial charge in [0, 0.05) is 18.2 Å². The topological polar surface area (TPSA) is 66.4 Å². The van der Waals surface area contributed by atoms with Crippen molar-refractivity contribution >= 4 is 29.1 Å². The van der Waals surface area contributed by atoms with E-state index in [0.29, 0.717) is 6.54 Å². The molecule has 3 aromatic carbocycles. The summed E-state index contributed by atoms with van der Waals surface area (Å²) >= 11 is 0. The monoisotopic (exact) mass is 409 g/mol. The van der Waals surface area contributed by atoms with Crippen LogP contribution in [0.1, 0.15) is 51.5 Å². The van der Waals surface area contributed by atoms with E-state index in [4.69, 9.17) is 5.11 Å². The first kappa shape index (κ1) is 20.4. The quantitative estimate of drug-likeness (QED) is 0.423. The molecule has 0 aromatic heterocycles. The van der Waals surface area contributed by atoms with Crippen LogP contribution in [-0.2, 0) is 11.3 Å². The number of carboxylic acid groups (broad SMARTS) is 1. The normalized spacial score (nSPS) is 13.6. The number of fused-ring (bicyclic) bond motifs is 1. The van der Waals surface area contributed by atoms with Crippen LogP contribution in [0.25, 0.3) is 17.2 Å². The Morgan fingerprint density at radius 2 is 1.68 bits per heavy atom. The Morgan fingerprint density at radius 3 is 2.35 bits per heavy atom. The highest BCUT2D eigenvalue weighted by Gasteiger charge is 2.21. The Hall–Kier alpha value is -3.92. The van der Waals surface area contributed by atoms with Gasteiger partial charge in [0.05, 0.1) is 0 Å². The molecule has 2 N–H and O–H groups in total. The van der Waals surface area contributed by atoms with E-state index in [0.717, 1.165) is 51.5 Å². The van der Waals surface area contributed by atoms with Crippen LogP contribution < -0.4 is 5.32 Å². The molecule has 0 atom stereocenters. The summed E-state index contributed by atoms with van der Waals surface area (Å²) < 4.78 is 0. The third-order valence-electron chi connectivity index (χ3n) is 5.47. The van der Waals surface area contributed by atoms with E-state index in [1.807, 2.05) is 54.6 Å². The first-order valence-corrected chi connectivity index (χ1v) is 10.3. The average Bonchev–Trinajstić information content (AvgIpc) is 3.17. The van der Waals surface area contributed by atoms with Gasteiger partial charge in [0.25, 0.3) is 5.91 Å². The highest BCUT2D eigenvalue weighted by atomic mass is 16.4. The summed E-state index contributed by atoms with van der Waals surface area (Å²) in [5.74, 6) is -0.997. The van der Waals surface area contributed by atoms with E-state index in [9.17, 15) is 9.59 Å². The lowest BCUT2D eigenvalue weighted by Gasteiger charge is -2.17. The molecule has 3 aromatic rings. The maximum atomic E-state index is 12.0. The van der Waals surface area contributed by atoms with E-state index in [-0.39, 0.29) is 5.91 Å². The summed E-state index contributed by atoms with van der Waals surface area (Å²) in [6.07, 6.45) is 3.56. The van der Waals surface area contributed by atoms with Gasteiger partial charge in [-0.15, -0.1) is 0 Å². The van der Waals surface area contributed by atoms with Crippen LogP contribution in [0.2, 0.25) is 0 Å². The number of carboxylic acids is 1. The molecule has 1 aliphatic heterocycles. The number of allylic oxidation sites excluding steroid dienone is 1. The fraction of sp³-hybridized carbons (Fsp3) is 0.111. The minimum absolute atomic E-state index is 0.0274. The van der Waals surface area contributed by atoms with Gasteiger partial charge < -0.3 is 10.4 Å². The highest BCUT2D eigenvalue weighted by Crippen LogP contribution is 2.35. The summed E-state index contributed by atoms with van der Waals surface area (Å²) in [6, 6.07) is 24.2. The van der Waals surface area contributed by atoms with Crippen molar-refractivity contribution < 1.29 is 14.7 Å². The lowest BCUT2D eigenvalue weighted by molar-refractivity contribution is -0.131. The number of carbonyl (C=O) groups is 2. The van der Waals surface area contributed by atoms with Crippen molar-refractivity contribution in [1.29, 1.82) is 0 Å². The molecule has 1 aliphatic rings. The molecule has 0 bridgehead atoms. The van der Waals surface area contributed by atoms with Crippen LogP contribution in [0.4, 0.5) is 0 Å². The molecule has 1 amide bonds. The Morgan fingerprint density at radius 1 is 0.968 bits per heavy atom. The number of carbonyl (C=O) groups excluding carboxylic acids is 1. The van der Waals surface area contributed by atoms with Crippen molar-refractivity contribution in [1.82, 2.24) is 5.32 Å². The molecule has 0 saturated carbocycles. The van der Waals surface area contributed by atoms with E-state index in [1.54, 1.807) is 6.08 Å². The van der Waals surface area contributed by atoms with Gasteiger partial charge >= 0.3 is 5.97 Å². The zero-order valence-corrected chi connectivity index (χ0v) is 17.3. The van der Waals surface area contributed by atoms with E-state index < -0.39 is 5.97 Å². The standard InChI is InChI=1S/C27H23NO3/c1-2-23(19-6-4-3-5-7-19)26(20-11-8-18(9-12-20)10-15-25(29)30)21-13-14-24-22(16-21)17-28-27(24)31/h3-16H,2,17H2,1H3,(H,28,31)(H,29,30)/b15-10+,26-23+. The van der Waals surface area contributed by atoms with Crippen molar-refractivity contribution in [3.05, 3.63) is 112 Å². The number of rotatable bonds is 6. The SMILES string of the molecule is CC/C(=C(/c1ccc(/C=C/C(=O)O)cc1)c1ccc2c(c1)CNC2=O)c1ccccc1. The van der Waals surface area contributed by atoms with Crippen LogP contribution in [0.15, 0.2) is 78.9 Å². The zero-order chi connectivity index (χ0) is 21.8. The van der Waals surface area contributed by atoms with Crippen molar-refractivity contribution in [2.24, 2.45) is 0 Å². The number of aliphatic carboxylic acids is 1. The van der Waals surface area contributed by atoms with E-state index in [2.05, 4.69) is 30.4 Å². The largest absolute Gasteiger partial charge is 0.478 e. The summed E-state index contributed by atoms with van der Waals surface area (Å²) in [6.45, 7) is 2.69. The van der Waals surface area contributed by atoms with Crippen LogP contribution in [0.3, 0.4) is 0 Å². The zero-order valence-electron chi connectivity index (χ0n) is 17.3. The van der Waals surface area contributed by atoms with Gasteiger partial charge in [-0.25, -0.2) is 4.79 Å². The molecule has 31 heavy (non-hydrogen) atoms. The number of hydrogen-bond donors (Lipinski definition) is 2. The predicted molar refractivity (Wildman–Crippen MR) is 123 cm³/mol. The number of nitrogens with one attached hydrogen (secondary N) is 1. The third kappa shape index (κ3) is 4.33. The molecular weight excluding hydrogens is 386 g/mol. The molecule has 154 valence electrons. The first-order valence-electron chi connectivity index (χ1n) is 10.3. The lowest BCUT2D eigenvalue weighted by atomic mass is 9.87. The van der Waals surface area contributed by atoms with Crippen molar-refractivity contribution in [2.45, 2.75) is 19.9 Å². The predicted octanol–water partition coefficient (Wildman–Crippen LogP) is 5.40. The molecule has 0 aliphatic carbocycles. The van der Waals surface area contributed by atoms with Gasteiger partial charge in [0.2, 0.25) is 0 Å². The molecule has 0 radical (unpaired) electrons. The summed E-state index contributed by atoms with van der Waals surface area (Å²) in [5, 5.41) is 11.8. The number of hydrogen-bond acceptors (Lipinski definition) is 2. The second-order valence-electron chi connectivity index (χ2n) is 7.42. The minimum atomic E-state index is -0.969. The Balaban J connectivity index is 1.87. The maximum Gasteiger partial charge on any atom is 0.328 e. The van der Waals surface area contributed by atoms with Gasteiger partial charge in [-0.1, -0.05) is 67.6 Å². The molecular formula is C27H23NO3. The molecule has 0 saturated heterocycles. The van der Waals surface area contributed by atoms with Gasteiger partial charge in [0.1, 0.15) is 0 Å². The van der Waals surface area contributed by atoms with E-state index >= 15 is 0 Å². The molecule has 4 rings (SSSR count). The minimum Gasteiger partial charge on any atom is -0.478 e. The van der Waals surface area contributed by atoms with Gasteiger partial charge in [-0.2, -0.15) is 0 Å². The maximum absolute atomic E-state index is 12.0. The average molecular weight is 409 g/mol. The molecule has 0 spiro atoms. The molecule has 4 nitrogen and oxygen atoms in total. The Kier molecular flexibility index (Phi) is 5.80. The van der Waals surface area contributed by atoms with Crippen LogP contribution >= 0.6 is 0 Å². The van der Waals surface area contributed by atoms with Gasteiger partial charge in [0.15, 0.2) is 0 Å². The lowest BCUT2D eigenvalue weighted by Crippen LogP contribution is -2.12. The molecule has 0 unspecified atom stereocenters. The second kappa shape index (κ2) is 8.84. The summed E-state index contributed by atoms with van der Waals surface area (Å²) in [7, 11) is 0. The van der Waals surface area contributed by atoms with Crippen molar-refractivity contribution in [3.63, 3.8) is 0 Å². The summed E-state index contributed by atoms with van der Waals surface area (Å²) in [4.78, 5) is 22.8. The van der Waals surface area contributed by atoms with Crippen molar-refractivity contribution in [2.75, 3.05) is 0 Å². The Bertz CT molecular complexity index is 1190. The number of benzene rings is 3. The highest BCUT2D eigenvalue weighted by molar-refractivity contribution is 6.02. The smallest absolute Gasteiger partial charge is 0.328 e. The fourth-order valence-corrected chi connectivity index (χ4v) is 4.00. The first-order chi connectivity index (χ1) is 15.1. The van der Waals surface area contributed by atoms with Crippen molar-refractivity contribution in [3.8, 4) is 0 Å². The third-order valence-corrected chi connectivity index (χ3v) is 5.47. The van der Waals surface area contributed by atoms with E-state index in [1.165, 1.54) is 5.57 Å². The number of amides is 1. The van der Waals surface area contributed by atoms with Crippen LogP contribution in [0.5, 0.6) is 0 Å². The van der Waals surface area contributed by atoms with Crippen LogP contribution in [0, 0.1) is 0 Å². The molecule has 4 heteroatoms. The molecule has 1 heterocycles. The fourth-order valence-electron chi connectivity index (χ4n) is 4.00. The Labute approximate surface area is 181 Å².